The fourth-order valence-electron chi connectivity index (χ4n) is 10.00. The van der Waals surface area contributed by atoms with Gasteiger partial charge in [0.2, 0.25) is 0 Å². The van der Waals surface area contributed by atoms with Gasteiger partial charge >= 0.3 is 0 Å². The fraction of sp³-hybridized carbons (Fsp3) is 0.0364. The maximum absolute atomic E-state index is 5.13. The number of rotatable bonds is 4. The van der Waals surface area contributed by atoms with Crippen LogP contribution in [0.4, 0.5) is 0 Å². The predicted molar refractivity (Wildman–Crippen MR) is 236 cm³/mol. The Morgan fingerprint density at radius 1 is 0.421 bits per heavy atom. The number of allylic oxidation sites excluding steroid dienone is 2. The molecule has 1 spiro atoms. The van der Waals surface area contributed by atoms with Gasteiger partial charge in [0.05, 0.1) is 10.9 Å². The minimum atomic E-state index is -0.359. The van der Waals surface area contributed by atoms with Gasteiger partial charge < -0.3 is 5.32 Å². The molecule has 9 aromatic rings. The monoisotopic (exact) mass is 723 g/mol. The zero-order chi connectivity index (χ0) is 37.5. The lowest BCUT2D eigenvalue weighted by Crippen LogP contribution is -2.25. The van der Waals surface area contributed by atoms with E-state index in [0.717, 1.165) is 16.6 Å². The Labute approximate surface area is 332 Å². The summed E-state index contributed by atoms with van der Waals surface area (Å²) in [5.74, 6) is 0. The molecule has 0 bridgehead atoms. The lowest BCUT2D eigenvalue weighted by Gasteiger charge is -2.30. The zero-order valence-electron chi connectivity index (χ0n) is 31.1. The first-order chi connectivity index (χ1) is 28.3. The zero-order valence-corrected chi connectivity index (χ0v) is 31.1. The molecule has 1 aliphatic heterocycles. The van der Waals surface area contributed by atoms with Crippen molar-refractivity contribution in [3.63, 3.8) is 0 Å². The van der Waals surface area contributed by atoms with E-state index in [-0.39, 0.29) is 11.5 Å². The molecule has 0 fully saturated rings. The van der Waals surface area contributed by atoms with E-state index >= 15 is 0 Å². The molecule has 2 heterocycles. The summed E-state index contributed by atoms with van der Waals surface area (Å²) in [5, 5.41) is 8.28. The molecular formula is C55H35N2-. The molecule has 8 aromatic carbocycles. The van der Waals surface area contributed by atoms with Crippen LogP contribution in [-0.2, 0) is 5.41 Å². The van der Waals surface area contributed by atoms with Crippen LogP contribution < -0.4 is 0 Å². The lowest BCUT2D eigenvalue weighted by molar-refractivity contribution is 0.794. The molecule has 0 N–H and O–H groups in total. The van der Waals surface area contributed by atoms with Crippen LogP contribution in [0.2, 0.25) is 0 Å². The summed E-state index contributed by atoms with van der Waals surface area (Å²) in [6, 6.07) is 67.4. The number of fused-ring (bicyclic) bond motifs is 12. The van der Waals surface area contributed by atoms with Crippen molar-refractivity contribution in [2.24, 2.45) is 0 Å². The quantitative estimate of drug-likeness (QED) is 0.178. The average molecular weight is 724 g/mol. The average Bonchev–Trinajstić information content (AvgIpc) is 3.76. The van der Waals surface area contributed by atoms with E-state index in [1.165, 1.54) is 88.7 Å². The molecule has 3 aliphatic rings. The minimum absolute atomic E-state index is 0.0918. The third-order valence-electron chi connectivity index (χ3n) is 12.5. The van der Waals surface area contributed by atoms with Gasteiger partial charge in [-0.25, -0.2) is 0 Å². The van der Waals surface area contributed by atoms with Crippen LogP contribution in [0.3, 0.4) is 0 Å². The molecule has 1 atom stereocenters. The summed E-state index contributed by atoms with van der Waals surface area (Å²) >= 11 is 0. The lowest BCUT2D eigenvalue weighted by atomic mass is 9.70. The second-order valence-corrected chi connectivity index (χ2v) is 15.4. The van der Waals surface area contributed by atoms with Crippen LogP contribution >= 0.6 is 0 Å². The number of hydrogen-bond acceptors (Lipinski definition) is 1. The molecule has 57 heavy (non-hydrogen) atoms. The van der Waals surface area contributed by atoms with Gasteiger partial charge in [-0.15, -0.1) is 0 Å². The maximum Gasteiger partial charge on any atom is 0.0725 e. The summed E-state index contributed by atoms with van der Waals surface area (Å²) in [6.45, 7) is 0. The molecule has 266 valence electrons. The van der Waals surface area contributed by atoms with Crippen molar-refractivity contribution in [2.75, 3.05) is 0 Å². The van der Waals surface area contributed by atoms with Crippen molar-refractivity contribution in [1.29, 1.82) is 0 Å². The van der Waals surface area contributed by atoms with Crippen LogP contribution in [0.5, 0.6) is 0 Å². The topological polar surface area (TPSA) is 27.0 Å². The van der Waals surface area contributed by atoms with Crippen LogP contribution in [0.1, 0.15) is 34.0 Å². The van der Waals surface area contributed by atoms with Gasteiger partial charge in [-0.05, 0) is 119 Å². The van der Waals surface area contributed by atoms with E-state index < -0.39 is 0 Å². The van der Waals surface area contributed by atoms with Crippen LogP contribution in [0, 0.1) is 0 Å². The third kappa shape index (κ3) is 4.68. The van der Waals surface area contributed by atoms with Gasteiger partial charge in [-0.3, -0.25) is 4.98 Å². The second kappa shape index (κ2) is 12.4. The highest BCUT2D eigenvalue weighted by atomic mass is 14.9. The molecule has 1 aromatic heterocycles. The highest BCUT2D eigenvalue weighted by Gasteiger charge is 2.51. The van der Waals surface area contributed by atoms with Crippen molar-refractivity contribution in [2.45, 2.75) is 11.5 Å². The Balaban J connectivity index is 1.00. The van der Waals surface area contributed by atoms with Crippen LogP contribution in [-0.4, -0.2) is 4.98 Å². The first-order valence-electron chi connectivity index (χ1n) is 19.8. The second-order valence-electron chi connectivity index (χ2n) is 15.4. The van der Waals surface area contributed by atoms with E-state index in [9.17, 15) is 0 Å². The molecule has 0 radical (unpaired) electrons. The Kier molecular flexibility index (Phi) is 6.94. The van der Waals surface area contributed by atoms with E-state index in [2.05, 4.69) is 188 Å². The summed E-state index contributed by atoms with van der Waals surface area (Å²) in [6.07, 6.45) is 7.98. The number of aromatic nitrogens is 1. The van der Waals surface area contributed by atoms with Crippen molar-refractivity contribution in [1.82, 2.24) is 4.98 Å². The van der Waals surface area contributed by atoms with Gasteiger partial charge in [0.25, 0.3) is 0 Å². The summed E-state index contributed by atoms with van der Waals surface area (Å²) in [5.41, 5.74) is 19.5. The highest BCUT2D eigenvalue weighted by Crippen LogP contribution is 2.64. The Bertz CT molecular complexity index is 3120. The molecular weight excluding hydrogens is 689 g/mol. The van der Waals surface area contributed by atoms with E-state index in [1.54, 1.807) is 0 Å². The largest absolute Gasteiger partial charge is 0.680 e. The standard InChI is InChI=1S/C55H35N2/c1-2-13-36(14-3-1)45-34-53(52-23-10-11-30-56-52)57-51-29-28-38(33-46(45)51)37-26-24-35-25-27-39(32-40(35)31-37)41-18-12-22-50-54(41)44-17-6-9-21-49(44)55(50)47-19-7-4-15-42(47)43-16-5-8-20-48(43)55/h1-34,52H/q-1. The fourth-order valence-corrected chi connectivity index (χ4v) is 10.00. The smallest absolute Gasteiger partial charge is 0.0725 e. The van der Waals surface area contributed by atoms with Gasteiger partial charge in [0.1, 0.15) is 0 Å². The van der Waals surface area contributed by atoms with E-state index in [1.807, 2.05) is 18.4 Å². The molecule has 2 aliphatic carbocycles. The molecule has 0 saturated heterocycles. The first kappa shape index (κ1) is 32.0. The van der Waals surface area contributed by atoms with Gasteiger partial charge in [0, 0.05) is 11.1 Å². The van der Waals surface area contributed by atoms with Crippen molar-refractivity contribution in [3.05, 3.63) is 240 Å². The maximum atomic E-state index is 5.13. The summed E-state index contributed by atoms with van der Waals surface area (Å²) < 4.78 is 0. The molecule has 2 nitrogen and oxygen atoms in total. The summed E-state index contributed by atoms with van der Waals surface area (Å²) in [7, 11) is 0. The van der Waals surface area contributed by atoms with Crippen molar-refractivity contribution in [3.8, 4) is 55.6 Å². The Morgan fingerprint density at radius 3 is 1.79 bits per heavy atom. The van der Waals surface area contributed by atoms with E-state index in [0.29, 0.717) is 0 Å². The van der Waals surface area contributed by atoms with Crippen LogP contribution in [0.15, 0.2) is 206 Å². The van der Waals surface area contributed by atoms with Crippen LogP contribution in [0.25, 0.3) is 82.6 Å². The molecule has 12 rings (SSSR count). The Hall–Kier alpha value is -7.29. The number of nitrogens with zero attached hydrogens (tertiary/aromatic N) is 2. The van der Waals surface area contributed by atoms with Crippen molar-refractivity contribution < 1.29 is 0 Å². The third-order valence-corrected chi connectivity index (χ3v) is 12.5. The predicted octanol–water partition coefficient (Wildman–Crippen LogP) is 14.2. The minimum Gasteiger partial charge on any atom is -0.680 e. The number of benzene rings is 8. The molecule has 0 amide bonds. The SMILES string of the molecule is C1=C[N-]C(c2cc(-c3ccccc3)c3cc(-c4ccc5ccc(-c6cccc7c6-c6ccccc6C76c7ccccc7-c7ccccc76)cc5c4)ccc3n2)C=C1. The van der Waals surface area contributed by atoms with Gasteiger partial charge in [-0.2, -0.15) is 6.20 Å². The first-order valence-corrected chi connectivity index (χ1v) is 19.8. The molecule has 1 unspecified atom stereocenters. The van der Waals surface area contributed by atoms with E-state index in [4.69, 9.17) is 10.3 Å². The van der Waals surface area contributed by atoms with Gasteiger partial charge in [-0.1, -0.05) is 176 Å². The molecule has 2 heteroatoms. The van der Waals surface area contributed by atoms with Gasteiger partial charge in [0.15, 0.2) is 0 Å². The highest BCUT2D eigenvalue weighted by molar-refractivity contribution is 6.02. The number of hydrogen-bond donors (Lipinski definition) is 0. The van der Waals surface area contributed by atoms with Crippen molar-refractivity contribution >= 4 is 21.7 Å². The number of pyridine rings is 1. The normalized spacial score (nSPS) is 15.3. The molecule has 0 saturated carbocycles. The Morgan fingerprint density at radius 2 is 1.04 bits per heavy atom. The summed E-state index contributed by atoms with van der Waals surface area (Å²) in [4.78, 5) is 5.13.